The minimum Gasteiger partial charge on any atom is -0.426 e. The molecule has 3 aliphatic rings. The zero-order valence-electron chi connectivity index (χ0n) is 33.8. The van der Waals surface area contributed by atoms with Crippen LogP contribution < -0.4 is 16.2 Å². The molecule has 0 bridgehead atoms. The molecule has 4 amide bonds. The Hall–Kier alpha value is -4.95. The fourth-order valence-electron chi connectivity index (χ4n) is 8.79. The number of ether oxygens (including phenoxy) is 1. The number of carbonyl (C=O) groups is 3. The lowest BCUT2D eigenvalue weighted by molar-refractivity contribution is -0.135. The number of pyridine rings is 1. The summed E-state index contributed by atoms with van der Waals surface area (Å²) in [6.45, 7) is 10.7. The third kappa shape index (κ3) is 9.96. The van der Waals surface area contributed by atoms with Crippen LogP contribution >= 0.6 is 0 Å². The summed E-state index contributed by atoms with van der Waals surface area (Å²) < 4.78 is 7.01. The number of hydrogen-bond acceptors (Lipinski definition) is 8. The number of urea groups is 1. The third-order valence-corrected chi connectivity index (χ3v) is 12.2. The number of rotatable bonds is 12. The van der Waals surface area contributed by atoms with Gasteiger partial charge in [-0.3, -0.25) is 14.5 Å². The van der Waals surface area contributed by atoms with Crippen molar-refractivity contribution >= 4 is 39.8 Å². The van der Waals surface area contributed by atoms with E-state index in [1.54, 1.807) is 9.58 Å². The van der Waals surface area contributed by atoms with Gasteiger partial charge in [-0.1, -0.05) is 44.0 Å². The van der Waals surface area contributed by atoms with Crippen molar-refractivity contribution in [2.45, 2.75) is 89.9 Å². The van der Waals surface area contributed by atoms with E-state index in [1.165, 1.54) is 0 Å². The summed E-state index contributed by atoms with van der Waals surface area (Å²) in [6, 6.07) is 13.3. The molecule has 3 N–H and O–H groups in total. The Bertz CT molecular complexity index is 2070. The van der Waals surface area contributed by atoms with E-state index in [0.717, 1.165) is 96.8 Å². The number of aromatic amines is 1. The first-order valence-corrected chi connectivity index (χ1v) is 20.9. The highest BCUT2D eigenvalue weighted by Gasteiger charge is 2.34. The van der Waals surface area contributed by atoms with Gasteiger partial charge >= 0.3 is 12.1 Å². The number of piperidine rings is 2. The van der Waals surface area contributed by atoms with Crippen molar-refractivity contribution in [2.75, 3.05) is 66.0 Å². The van der Waals surface area contributed by atoms with Crippen LogP contribution in [0.2, 0.25) is 0 Å². The SMILES string of the molecule is CCCCCNC(=O)OCn1cc2cc(CC(NC(=O)N3CCC(c4cc5ccccc5[nH]c4=O)CC3)C(=O)N3CCN(C4CCN(C)CC4)CC3)cc(C)c2n1. The van der Waals surface area contributed by atoms with E-state index in [9.17, 15) is 19.2 Å². The average Bonchev–Trinajstić information content (AvgIpc) is 3.65. The molecule has 0 radical (unpaired) electrons. The summed E-state index contributed by atoms with van der Waals surface area (Å²) in [5.74, 6) is -0.0300. The normalized spacial score (nSPS) is 18.2. The lowest BCUT2D eigenvalue weighted by Crippen LogP contribution is -2.59. The number of hydrogen-bond donors (Lipinski definition) is 3. The van der Waals surface area contributed by atoms with Gasteiger partial charge in [0.15, 0.2) is 6.73 Å². The van der Waals surface area contributed by atoms with Gasteiger partial charge in [0.25, 0.3) is 5.56 Å². The maximum atomic E-state index is 14.4. The van der Waals surface area contributed by atoms with Crippen molar-refractivity contribution in [1.29, 1.82) is 0 Å². The summed E-state index contributed by atoms with van der Waals surface area (Å²) in [5, 5.41) is 12.5. The quantitative estimate of drug-likeness (QED) is 0.174. The lowest BCUT2D eigenvalue weighted by Gasteiger charge is -2.43. The summed E-state index contributed by atoms with van der Waals surface area (Å²) in [6.07, 6.45) is 8.34. The predicted octanol–water partition coefficient (Wildman–Crippen LogP) is 4.80. The van der Waals surface area contributed by atoms with Gasteiger partial charge in [0.05, 0.1) is 5.52 Å². The van der Waals surface area contributed by atoms with Gasteiger partial charge in [-0.05, 0) is 99.8 Å². The van der Waals surface area contributed by atoms with Crippen LogP contribution in [0.25, 0.3) is 21.8 Å². The molecule has 1 atom stereocenters. The summed E-state index contributed by atoms with van der Waals surface area (Å²) >= 11 is 0. The van der Waals surface area contributed by atoms with Gasteiger partial charge in [-0.15, -0.1) is 0 Å². The second kappa shape index (κ2) is 18.5. The minimum atomic E-state index is -0.764. The lowest BCUT2D eigenvalue weighted by atomic mass is 9.89. The van der Waals surface area contributed by atoms with E-state index in [-0.39, 0.29) is 30.1 Å². The van der Waals surface area contributed by atoms with E-state index >= 15 is 0 Å². The van der Waals surface area contributed by atoms with Crippen LogP contribution in [-0.2, 0) is 22.7 Å². The molecule has 3 saturated heterocycles. The number of piperazine rings is 1. The van der Waals surface area contributed by atoms with E-state index in [0.29, 0.717) is 58.0 Å². The molecule has 57 heavy (non-hydrogen) atoms. The van der Waals surface area contributed by atoms with Crippen LogP contribution in [0, 0.1) is 6.92 Å². The first kappa shape index (κ1) is 40.3. The molecular weight excluding hydrogens is 723 g/mol. The maximum Gasteiger partial charge on any atom is 0.408 e. The molecular formula is C43H59N9O5. The summed E-state index contributed by atoms with van der Waals surface area (Å²) in [7, 11) is 2.17. The molecule has 1 unspecified atom stereocenters. The van der Waals surface area contributed by atoms with E-state index in [2.05, 4.69) is 44.5 Å². The highest BCUT2D eigenvalue weighted by molar-refractivity contribution is 5.88. The van der Waals surface area contributed by atoms with Crippen LogP contribution in [0.1, 0.15) is 74.5 Å². The van der Waals surface area contributed by atoms with Crippen molar-refractivity contribution in [3.8, 4) is 0 Å². The second-order valence-electron chi connectivity index (χ2n) is 16.2. The fourth-order valence-corrected chi connectivity index (χ4v) is 8.79. The number of unbranched alkanes of at least 4 members (excludes halogenated alkanes) is 2. The molecule has 14 heteroatoms. The van der Waals surface area contributed by atoms with Crippen LogP contribution in [0.3, 0.4) is 0 Å². The summed E-state index contributed by atoms with van der Waals surface area (Å²) in [4.78, 5) is 65.2. The Morgan fingerprint density at radius 2 is 1.67 bits per heavy atom. The van der Waals surface area contributed by atoms with Gasteiger partial charge < -0.3 is 35.1 Å². The first-order valence-electron chi connectivity index (χ1n) is 20.9. The molecule has 3 fully saturated rings. The number of benzene rings is 2. The molecule has 0 aliphatic carbocycles. The number of likely N-dealkylation sites (tertiary alicyclic amines) is 2. The first-order chi connectivity index (χ1) is 27.6. The number of amides is 4. The van der Waals surface area contributed by atoms with Gasteiger partial charge in [0.1, 0.15) is 6.04 Å². The number of fused-ring (bicyclic) bond motifs is 2. The van der Waals surface area contributed by atoms with Crippen molar-refractivity contribution in [1.82, 2.24) is 45.0 Å². The van der Waals surface area contributed by atoms with Crippen LogP contribution in [-0.4, -0.2) is 130 Å². The zero-order chi connectivity index (χ0) is 39.9. The molecule has 7 rings (SSSR count). The topological polar surface area (TPSA) is 148 Å². The predicted molar refractivity (Wildman–Crippen MR) is 221 cm³/mol. The largest absolute Gasteiger partial charge is 0.426 e. The molecule has 306 valence electrons. The van der Waals surface area contributed by atoms with Gasteiger partial charge in [-0.2, -0.15) is 5.10 Å². The molecule has 3 aliphatic heterocycles. The number of aryl methyl sites for hydroxylation is 1. The van der Waals surface area contributed by atoms with Crippen LogP contribution in [0.15, 0.2) is 53.5 Å². The van der Waals surface area contributed by atoms with Crippen molar-refractivity contribution in [2.24, 2.45) is 0 Å². The van der Waals surface area contributed by atoms with Gasteiger partial charge in [-0.25, -0.2) is 14.3 Å². The highest BCUT2D eigenvalue weighted by Crippen LogP contribution is 2.28. The Morgan fingerprint density at radius 1 is 0.912 bits per heavy atom. The number of nitrogens with zero attached hydrogens (tertiary/aromatic N) is 6. The van der Waals surface area contributed by atoms with Crippen LogP contribution in [0.4, 0.5) is 9.59 Å². The molecule has 14 nitrogen and oxygen atoms in total. The Labute approximate surface area is 334 Å². The van der Waals surface area contributed by atoms with Crippen molar-refractivity contribution < 1.29 is 19.1 Å². The smallest absolute Gasteiger partial charge is 0.408 e. The Balaban J connectivity index is 1.02. The number of nitrogens with one attached hydrogen (secondary N) is 3. The molecule has 0 spiro atoms. The Morgan fingerprint density at radius 3 is 2.42 bits per heavy atom. The molecule has 2 aromatic carbocycles. The number of aromatic nitrogens is 3. The standard InChI is InChI=1S/C43H59N9O5/c1-4-5-8-15-44-43(56)57-29-52-28-34-25-31(24-30(2)39(34)47-52)26-38(41(54)50-22-20-49(21-23-50)35-13-16-48(3)17-14-35)46-42(55)51-18-11-32(12-19-51)36-27-33-9-6-7-10-37(33)45-40(36)53/h6-7,9-10,24-25,27-28,32,35,38H,4-5,8,11-23,26,29H2,1-3H3,(H,44,56)(H,45,53)(H,46,55). The maximum absolute atomic E-state index is 14.4. The number of H-pyrrole nitrogens is 1. The van der Waals surface area contributed by atoms with E-state index in [1.807, 2.05) is 60.5 Å². The average molecular weight is 782 g/mol. The van der Waals surface area contributed by atoms with Crippen molar-refractivity contribution in [3.05, 3.63) is 75.7 Å². The van der Waals surface area contributed by atoms with Crippen molar-refractivity contribution in [3.63, 3.8) is 0 Å². The van der Waals surface area contributed by atoms with Gasteiger partial charge in [0.2, 0.25) is 5.91 Å². The number of para-hydroxylation sites is 1. The Kier molecular flexibility index (Phi) is 13.1. The molecule has 4 aromatic rings. The second-order valence-corrected chi connectivity index (χ2v) is 16.2. The highest BCUT2D eigenvalue weighted by atomic mass is 16.6. The van der Waals surface area contributed by atoms with Crippen LogP contribution in [0.5, 0.6) is 0 Å². The van der Waals surface area contributed by atoms with Gasteiger partial charge in [0, 0.05) is 80.9 Å². The van der Waals surface area contributed by atoms with E-state index in [4.69, 9.17) is 4.74 Å². The number of alkyl carbamates (subject to hydrolysis) is 1. The molecule has 5 heterocycles. The monoisotopic (exact) mass is 781 g/mol. The third-order valence-electron chi connectivity index (χ3n) is 12.2. The molecule has 2 aromatic heterocycles. The minimum absolute atomic E-state index is 0.0181. The summed E-state index contributed by atoms with van der Waals surface area (Å²) in [5.41, 5.74) is 4.12. The zero-order valence-corrected chi connectivity index (χ0v) is 33.8. The molecule has 0 saturated carbocycles. The number of carbonyl (C=O) groups excluding carboxylic acids is 3. The van der Waals surface area contributed by atoms with E-state index < -0.39 is 12.1 Å². The fraction of sp³-hybridized carbons (Fsp3) is 0.558.